The maximum absolute atomic E-state index is 12.3. The molecule has 0 aromatic heterocycles. The molecule has 4 heteroatoms. The minimum Gasteiger partial charge on any atom is -0.317 e. The highest BCUT2D eigenvalue weighted by molar-refractivity contribution is 14.1. The average molecular weight is 265 g/mol. The van der Waals surface area contributed by atoms with Crippen molar-refractivity contribution < 1.29 is 9.18 Å². The number of nitrogens with one attached hydrogen (secondary N) is 1. The van der Waals surface area contributed by atoms with E-state index in [0.717, 1.165) is 0 Å². The van der Waals surface area contributed by atoms with Gasteiger partial charge in [-0.3, -0.25) is 4.79 Å². The number of hydrogen-bond acceptors (Lipinski definition) is 1. The van der Waals surface area contributed by atoms with Crippen LogP contribution in [0.4, 0.5) is 14.9 Å². The number of benzene rings is 1. The number of hydrogen-bond donors (Lipinski definition) is 1. The highest BCUT2D eigenvalue weighted by Crippen LogP contribution is 2.09. The van der Waals surface area contributed by atoms with Crippen LogP contribution in [-0.4, -0.2) is 3.91 Å². The van der Waals surface area contributed by atoms with Crippen LogP contribution in [0.15, 0.2) is 24.3 Å². The highest BCUT2D eigenvalue weighted by atomic mass is 127. The van der Waals surface area contributed by atoms with E-state index in [4.69, 9.17) is 0 Å². The number of halogens is 2. The average Bonchev–Trinajstić information content (AvgIpc) is 1.93. The standard InChI is InChI=1S/C7H5FINO/c8-5-1-3-6(4-2-5)10-7(9)11/h1-4H,(H,10,11). The first-order chi connectivity index (χ1) is 5.18. The van der Waals surface area contributed by atoms with Crippen molar-refractivity contribution >= 4 is 32.2 Å². The van der Waals surface area contributed by atoms with Crippen LogP contribution >= 0.6 is 22.6 Å². The molecule has 0 aliphatic heterocycles. The van der Waals surface area contributed by atoms with E-state index in [0.29, 0.717) is 5.69 Å². The number of carbonyl (C=O) groups excluding carboxylic acids is 1. The second kappa shape index (κ2) is 3.66. The lowest BCUT2D eigenvalue weighted by Gasteiger charge is -1.98. The summed E-state index contributed by atoms with van der Waals surface area (Å²) in [5.41, 5.74) is 0.603. The summed E-state index contributed by atoms with van der Waals surface area (Å²) >= 11 is 1.61. The molecular formula is C7H5FINO. The molecule has 0 spiro atoms. The Kier molecular flexibility index (Phi) is 2.81. The Labute approximate surface area is 76.9 Å². The van der Waals surface area contributed by atoms with E-state index in [-0.39, 0.29) is 9.73 Å². The van der Waals surface area contributed by atoms with Gasteiger partial charge in [0.15, 0.2) is 0 Å². The second-order valence-electron chi connectivity index (χ2n) is 1.91. The van der Waals surface area contributed by atoms with Crippen LogP contribution in [0.5, 0.6) is 0 Å². The normalized spacial score (nSPS) is 9.27. The number of carbonyl (C=O) groups is 1. The summed E-state index contributed by atoms with van der Waals surface area (Å²) in [7, 11) is 0. The molecule has 1 aromatic carbocycles. The fourth-order valence-electron chi connectivity index (χ4n) is 0.647. The fraction of sp³-hybridized carbons (Fsp3) is 0. The third kappa shape index (κ3) is 2.83. The van der Waals surface area contributed by atoms with Gasteiger partial charge in [-0.1, -0.05) is 0 Å². The van der Waals surface area contributed by atoms with Crippen molar-refractivity contribution in [3.05, 3.63) is 30.1 Å². The smallest absolute Gasteiger partial charge is 0.284 e. The molecule has 11 heavy (non-hydrogen) atoms. The number of amides is 1. The molecule has 1 amide bonds. The van der Waals surface area contributed by atoms with Crippen LogP contribution in [-0.2, 0) is 0 Å². The quantitative estimate of drug-likeness (QED) is 0.472. The van der Waals surface area contributed by atoms with Gasteiger partial charge in [0.2, 0.25) is 0 Å². The Morgan fingerprint density at radius 2 is 1.91 bits per heavy atom. The van der Waals surface area contributed by atoms with Crippen LogP contribution in [0, 0.1) is 5.82 Å². The molecule has 0 aliphatic carbocycles. The third-order valence-corrected chi connectivity index (χ3v) is 1.36. The maximum atomic E-state index is 12.3. The molecule has 58 valence electrons. The van der Waals surface area contributed by atoms with Gasteiger partial charge in [0.25, 0.3) is 3.91 Å². The monoisotopic (exact) mass is 265 g/mol. The Morgan fingerprint density at radius 1 is 1.36 bits per heavy atom. The minimum atomic E-state index is -0.309. The molecule has 0 heterocycles. The van der Waals surface area contributed by atoms with Gasteiger partial charge in [-0.25, -0.2) is 4.39 Å². The van der Waals surface area contributed by atoms with E-state index in [9.17, 15) is 9.18 Å². The molecule has 0 saturated heterocycles. The maximum Gasteiger partial charge on any atom is 0.284 e. The number of anilines is 1. The second-order valence-corrected chi connectivity index (χ2v) is 2.89. The Bertz CT molecular complexity index is 260. The van der Waals surface area contributed by atoms with Crippen LogP contribution < -0.4 is 5.32 Å². The molecule has 1 rings (SSSR count). The zero-order chi connectivity index (χ0) is 8.27. The topological polar surface area (TPSA) is 29.1 Å². The molecule has 0 saturated carbocycles. The molecule has 0 bridgehead atoms. The summed E-state index contributed by atoms with van der Waals surface area (Å²) in [6.07, 6.45) is 0. The van der Waals surface area contributed by atoms with E-state index >= 15 is 0 Å². The largest absolute Gasteiger partial charge is 0.317 e. The van der Waals surface area contributed by atoms with Gasteiger partial charge < -0.3 is 5.32 Å². The van der Waals surface area contributed by atoms with Gasteiger partial charge >= 0.3 is 0 Å². The molecule has 2 nitrogen and oxygen atoms in total. The van der Waals surface area contributed by atoms with Gasteiger partial charge in [0.05, 0.1) is 0 Å². The summed E-state index contributed by atoms with van der Waals surface area (Å²) in [5, 5.41) is 2.51. The lowest BCUT2D eigenvalue weighted by atomic mass is 10.3. The van der Waals surface area contributed by atoms with E-state index < -0.39 is 0 Å². The molecular weight excluding hydrogens is 260 g/mol. The van der Waals surface area contributed by atoms with Crippen molar-refractivity contribution in [1.29, 1.82) is 0 Å². The van der Waals surface area contributed by atoms with Crippen LogP contribution in [0.2, 0.25) is 0 Å². The number of rotatable bonds is 1. The molecule has 0 atom stereocenters. The van der Waals surface area contributed by atoms with Crippen LogP contribution in [0.1, 0.15) is 0 Å². The summed E-state index contributed by atoms with van der Waals surface area (Å²) in [6, 6.07) is 5.60. The molecule has 0 fully saturated rings. The SMILES string of the molecule is O=C(I)Nc1ccc(F)cc1. The summed E-state index contributed by atoms with van der Waals surface area (Å²) in [5.74, 6) is -0.309. The van der Waals surface area contributed by atoms with Gasteiger partial charge in [0.1, 0.15) is 5.82 Å². The summed E-state index contributed by atoms with van der Waals surface area (Å²) in [4.78, 5) is 10.5. The van der Waals surface area contributed by atoms with Crippen molar-refractivity contribution in [3.8, 4) is 0 Å². The van der Waals surface area contributed by atoms with Gasteiger partial charge in [-0.05, 0) is 24.3 Å². The predicted octanol–water partition coefficient (Wildman–Crippen LogP) is 2.79. The first-order valence-corrected chi connectivity index (χ1v) is 3.98. The van der Waals surface area contributed by atoms with Crippen LogP contribution in [0.3, 0.4) is 0 Å². The Balaban J connectivity index is 2.74. The van der Waals surface area contributed by atoms with E-state index in [2.05, 4.69) is 5.32 Å². The highest BCUT2D eigenvalue weighted by Gasteiger charge is 1.95. The summed E-state index contributed by atoms with van der Waals surface area (Å²) < 4.78 is 12.1. The third-order valence-electron chi connectivity index (χ3n) is 1.09. The van der Waals surface area contributed by atoms with E-state index in [1.807, 2.05) is 0 Å². The molecule has 0 unspecified atom stereocenters. The van der Waals surface area contributed by atoms with Gasteiger partial charge in [-0.15, -0.1) is 0 Å². The van der Waals surface area contributed by atoms with Gasteiger partial charge in [0, 0.05) is 28.3 Å². The Morgan fingerprint density at radius 3 is 2.36 bits per heavy atom. The van der Waals surface area contributed by atoms with Crippen molar-refractivity contribution in [2.45, 2.75) is 0 Å². The zero-order valence-electron chi connectivity index (χ0n) is 5.47. The first kappa shape index (κ1) is 8.45. The minimum absolute atomic E-state index is 0.186. The predicted molar refractivity (Wildman–Crippen MR) is 49.4 cm³/mol. The molecule has 1 N–H and O–H groups in total. The van der Waals surface area contributed by atoms with Crippen molar-refractivity contribution in [1.82, 2.24) is 0 Å². The molecule has 0 aliphatic rings. The lowest BCUT2D eigenvalue weighted by Crippen LogP contribution is -1.99. The van der Waals surface area contributed by atoms with Crippen molar-refractivity contribution in [2.24, 2.45) is 0 Å². The summed E-state index contributed by atoms with van der Waals surface area (Å²) in [6.45, 7) is 0. The fourth-order valence-corrected chi connectivity index (χ4v) is 0.958. The first-order valence-electron chi connectivity index (χ1n) is 2.90. The van der Waals surface area contributed by atoms with E-state index in [1.54, 1.807) is 22.6 Å². The zero-order valence-corrected chi connectivity index (χ0v) is 7.63. The van der Waals surface area contributed by atoms with Crippen molar-refractivity contribution in [3.63, 3.8) is 0 Å². The van der Waals surface area contributed by atoms with Crippen molar-refractivity contribution in [2.75, 3.05) is 5.32 Å². The lowest BCUT2D eigenvalue weighted by molar-refractivity contribution is 0.272. The Hall–Kier alpha value is -0.650. The van der Waals surface area contributed by atoms with Gasteiger partial charge in [-0.2, -0.15) is 0 Å². The molecule has 0 radical (unpaired) electrons. The van der Waals surface area contributed by atoms with Crippen LogP contribution in [0.25, 0.3) is 0 Å². The molecule has 1 aromatic rings. The van der Waals surface area contributed by atoms with E-state index in [1.165, 1.54) is 24.3 Å².